The summed E-state index contributed by atoms with van der Waals surface area (Å²) < 4.78 is 10.6. The van der Waals surface area contributed by atoms with Gasteiger partial charge in [-0.05, 0) is 54.2 Å². The molecule has 1 aliphatic heterocycles. The minimum Gasteiger partial charge on any atom is -0.507 e. The van der Waals surface area contributed by atoms with Gasteiger partial charge in [0.25, 0.3) is 5.91 Å². The van der Waals surface area contributed by atoms with Gasteiger partial charge in [0.1, 0.15) is 17.2 Å². The molecule has 2 aromatic rings. The lowest BCUT2D eigenvalue weighted by Crippen LogP contribution is -2.41. The van der Waals surface area contributed by atoms with Crippen molar-refractivity contribution in [3.63, 3.8) is 0 Å². The van der Waals surface area contributed by atoms with Crippen LogP contribution in [0.5, 0.6) is 17.2 Å². The molecule has 0 bridgehead atoms. The second kappa shape index (κ2) is 7.12. The molecule has 6 nitrogen and oxygen atoms in total. The molecule has 1 fully saturated rings. The first kappa shape index (κ1) is 17.7. The third-order valence-corrected chi connectivity index (χ3v) is 5.43. The van der Waals surface area contributed by atoms with Crippen LogP contribution in [0.4, 0.5) is 0 Å². The van der Waals surface area contributed by atoms with E-state index in [1.165, 1.54) is 13.2 Å². The summed E-state index contributed by atoms with van der Waals surface area (Å²) in [6.07, 6.45) is 1.83. The van der Waals surface area contributed by atoms with E-state index in [0.29, 0.717) is 25.2 Å². The highest BCUT2D eigenvalue weighted by Gasteiger charge is 2.36. The summed E-state index contributed by atoms with van der Waals surface area (Å²) in [5, 5.41) is 22.9. The van der Waals surface area contributed by atoms with Crippen molar-refractivity contribution >= 4 is 5.91 Å². The quantitative estimate of drug-likeness (QED) is 0.754. The Kier molecular flexibility index (Phi) is 4.66. The van der Waals surface area contributed by atoms with Gasteiger partial charge >= 0.3 is 0 Å². The average Bonchev–Trinajstić information content (AvgIpc) is 3.11. The predicted octanol–water partition coefficient (Wildman–Crippen LogP) is 2.58. The van der Waals surface area contributed by atoms with Crippen LogP contribution in [-0.4, -0.2) is 35.9 Å². The zero-order valence-electron chi connectivity index (χ0n) is 15.1. The second-order valence-electron chi connectivity index (χ2n) is 7.19. The Bertz CT molecular complexity index is 860. The number of phenolic OH excluding ortho intramolecular Hbond substituents is 1. The van der Waals surface area contributed by atoms with E-state index in [2.05, 4.69) is 11.4 Å². The Labute approximate surface area is 157 Å². The number of amides is 1. The van der Waals surface area contributed by atoms with Gasteiger partial charge in [-0.1, -0.05) is 6.07 Å². The van der Waals surface area contributed by atoms with Crippen LogP contribution in [-0.2, 0) is 6.42 Å². The maximum atomic E-state index is 12.8. The van der Waals surface area contributed by atoms with Crippen LogP contribution < -0.4 is 14.8 Å². The Morgan fingerprint density at radius 1 is 1.26 bits per heavy atom. The Hall–Kier alpha value is -2.73. The molecular weight excluding hydrogens is 346 g/mol. The molecule has 4 rings (SSSR count). The fourth-order valence-electron chi connectivity index (χ4n) is 3.82. The van der Waals surface area contributed by atoms with Crippen LogP contribution in [0.1, 0.15) is 40.4 Å². The smallest absolute Gasteiger partial charge is 0.255 e. The number of aromatic hydroxyl groups is 1. The van der Waals surface area contributed by atoms with E-state index < -0.39 is 0 Å². The maximum Gasteiger partial charge on any atom is 0.255 e. The number of rotatable bonds is 5. The summed E-state index contributed by atoms with van der Waals surface area (Å²) in [7, 11) is 1.50. The number of phenols is 1. The monoisotopic (exact) mass is 369 g/mol. The largest absolute Gasteiger partial charge is 0.507 e. The summed E-state index contributed by atoms with van der Waals surface area (Å²) in [6, 6.07) is 10.4. The van der Waals surface area contributed by atoms with Crippen LogP contribution in [0, 0.1) is 5.92 Å². The molecule has 6 heteroatoms. The molecule has 1 unspecified atom stereocenters. The van der Waals surface area contributed by atoms with Gasteiger partial charge in [-0.2, -0.15) is 0 Å². The molecule has 1 amide bonds. The van der Waals surface area contributed by atoms with Gasteiger partial charge in [0, 0.05) is 12.5 Å². The highest BCUT2D eigenvalue weighted by Crippen LogP contribution is 2.40. The van der Waals surface area contributed by atoms with Gasteiger partial charge in [0.15, 0.2) is 0 Å². The zero-order valence-corrected chi connectivity index (χ0v) is 15.1. The van der Waals surface area contributed by atoms with Crippen LogP contribution in [0.3, 0.4) is 0 Å². The lowest BCUT2D eigenvalue weighted by atomic mass is 9.74. The second-order valence-corrected chi connectivity index (χ2v) is 7.19. The number of methoxy groups -OCH3 is 1. The first-order chi connectivity index (χ1) is 13.0. The third kappa shape index (κ3) is 3.45. The minimum atomic E-state index is -0.349. The van der Waals surface area contributed by atoms with Crippen molar-refractivity contribution in [2.75, 3.05) is 13.7 Å². The fraction of sp³-hybridized carbons (Fsp3) is 0.381. The van der Waals surface area contributed by atoms with Gasteiger partial charge in [-0.15, -0.1) is 0 Å². The number of nitrogens with one attached hydrogen (secondary N) is 1. The molecule has 1 aliphatic carbocycles. The van der Waals surface area contributed by atoms with Gasteiger partial charge in [0.2, 0.25) is 0 Å². The molecule has 2 aromatic carbocycles. The topological polar surface area (TPSA) is 88.0 Å². The number of aliphatic hydroxyl groups is 1. The summed E-state index contributed by atoms with van der Waals surface area (Å²) in [4.78, 5) is 12.8. The van der Waals surface area contributed by atoms with Gasteiger partial charge < -0.3 is 25.0 Å². The summed E-state index contributed by atoms with van der Waals surface area (Å²) >= 11 is 0. The van der Waals surface area contributed by atoms with E-state index in [1.807, 2.05) is 12.1 Å². The average molecular weight is 369 g/mol. The van der Waals surface area contributed by atoms with Crippen molar-refractivity contribution in [1.82, 2.24) is 5.32 Å². The molecule has 2 aliphatic rings. The van der Waals surface area contributed by atoms with Gasteiger partial charge in [0.05, 0.1) is 31.4 Å². The summed E-state index contributed by atoms with van der Waals surface area (Å²) in [5.41, 5.74) is 2.33. The molecule has 1 heterocycles. The summed E-state index contributed by atoms with van der Waals surface area (Å²) in [6.45, 7) is 0.678. The molecule has 1 saturated carbocycles. The van der Waals surface area contributed by atoms with Crippen molar-refractivity contribution in [2.45, 2.75) is 31.4 Å². The van der Waals surface area contributed by atoms with Crippen molar-refractivity contribution in [3.8, 4) is 17.2 Å². The number of carbonyl (C=O) groups is 1. The van der Waals surface area contributed by atoms with E-state index in [4.69, 9.17) is 9.47 Å². The Morgan fingerprint density at radius 2 is 2.07 bits per heavy atom. The van der Waals surface area contributed by atoms with Gasteiger partial charge in [-0.25, -0.2) is 0 Å². The highest BCUT2D eigenvalue weighted by molar-refractivity contribution is 5.97. The van der Waals surface area contributed by atoms with E-state index in [-0.39, 0.29) is 35.3 Å². The number of aliphatic hydroxyl groups excluding tert-OH is 1. The van der Waals surface area contributed by atoms with Gasteiger partial charge in [-0.3, -0.25) is 4.79 Å². The SMILES string of the molecule is COc1ccc(C(=O)NC(c2ccc3c(c2)CCO3)C2CC(O)C2)c(O)c1. The first-order valence-corrected chi connectivity index (χ1v) is 9.16. The fourth-order valence-corrected chi connectivity index (χ4v) is 3.82. The van der Waals surface area contributed by atoms with Crippen LogP contribution in [0.15, 0.2) is 36.4 Å². The van der Waals surface area contributed by atoms with Crippen molar-refractivity contribution < 1.29 is 24.5 Å². The molecule has 0 radical (unpaired) electrons. The third-order valence-electron chi connectivity index (χ3n) is 5.43. The minimum absolute atomic E-state index is 0.124. The zero-order chi connectivity index (χ0) is 19.0. The van der Waals surface area contributed by atoms with Crippen molar-refractivity contribution in [3.05, 3.63) is 53.1 Å². The lowest BCUT2D eigenvalue weighted by molar-refractivity contribution is 0.0235. The number of fused-ring (bicyclic) bond motifs is 1. The Morgan fingerprint density at radius 3 is 2.78 bits per heavy atom. The molecule has 1 atom stereocenters. The van der Waals surface area contributed by atoms with Crippen LogP contribution in [0.25, 0.3) is 0 Å². The molecule has 0 saturated heterocycles. The van der Waals surface area contributed by atoms with E-state index in [1.54, 1.807) is 12.1 Å². The molecule has 142 valence electrons. The highest BCUT2D eigenvalue weighted by atomic mass is 16.5. The molecule has 0 aromatic heterocycles. The van der Waals surface area contributed by atoms with Crippen molar-refractivity contribution in [2.24, 2.45) is 5.92 Å². The van der Waals surface area contributed by atoms with E-state index in [0.717, 1.165) is 23.3 Å². The number of carbonyl (C=O) groups excluding carboxylic acids is 1. The Balaban J connectivity index is 1.59. The predicted molar refractivity (Wildman–Crippen MR) is 99.2 cm³/mol. The normalized spacial score (nSPS) is 21.6. The first-order valence-electron chi connectivity index (χ1n) is 9.16. The standard InChI is InChI=1S/C21H23NO5/c1-26-16-3-4-17(18(24)11-16)21(25)22-20(14-9-15(23)10-14)13-2-5-19-12(8-13)6-7-27-19/h2-5,8,11,14-15,20,23-24H,6-7,9-10H2,1H3,(H,22,25). The van der Waals surface area contributed by atoms with E-state index >= 15 is 0 Å². The van der Waals surface area contributed by atoms with Crippen LogP contribution in [0.2, 0.25) is 0 Å². The number of hydrogen-bond donors (Lipinski definition) is 3. The van der Waals surface area contributed by atoms with Crippen LogP contribution >= 0.6 is 0 Å². The molecule has 3 N–H and O–H groups in total. The number of benzene rings is 2. The van der Waals surface area contributed by atoms with E-state index in [9.17, 15) is 15.0 Å². The lowest BCUT2D eigenvalue weighted by Gasteiger charge is -2.38. The molecule has 0 spiro atoms. The van der Waals surface area contributed by atoms with Crippen molar-refractivity contribution in [1.29, 1.82) is 0 Å². The maximum absolute atomic E-state index is 12.8. The molecule has 27 heavy (non-hydrogen) atoms. The number of ether oxygens (including phenoxy) is 2. The molecular formula is C21H23NO5. The summed E-state index contributed by atoms with van der Waals surface area (Å²) in [5.74, 6) is 1.07. The number of hydrogen-bond acceptors (Lipinski definition) is 5.